The Bertz CT molecular complexity index is 463. The van der Waals surface area contributed by atoms with Gasteiger partial charge in [-0.3, -0.25) is 4.79 Å². The molecule has 0 atom stereocenters. The summed E-state index contributed by atoms with van der Waals surface area (Å²) in [5, 5.41) is 8.87. The monoisotopic (exact) mass is 295 g/mol. The molecule has 1 aromatic rings. The lowest BCUT2D eigenvalue weighted by molar-refractivity contribution is -0.119. The van der Waals surface area contributed by atoms with Crippen LogP contribution in [0.25, 0.3) is 0 Å². The van der Waals surface area contributed by atoms with Crippen LogP contribution >= 0.6 is 11.6 Å². The van der Waals surface area contributed by atoms with Crippen LogP contribution in [0.1, 0.15) is 17.3 Å². The maximum atomic E-state index is 12.4. The van der Waals surface area contributed by atoms with Gasteiger partial charge in [-0.25, -0.2) is 0 Å². The van der Waals surface area contributed by atoms with E-state index in [0.29, 0.717) is 5.56 Å². The SMILES string of the molecule is CC(=O)c1ccc(N(CCO)CC(F)(F)F)c(Cl)c1. The minimum Gasteiger partial charge on any atom is -0.395 e. The summed E-state index contributed by atoms with van der Waals surface area (Å²) in [4.78, 5) is 12.1. The molecule has 19 heavy (non-hydrogen) atoms. The van der Waals surface area contributed by atoms with Gasteiger partial charge >= 0.3 is 6.18 Å². The van der Waals surface area contributed by atoms with Crippen molar-refractivity contribution in [1.29, 1.82) is 0 Å². The molecule has 106 valence electrons. The van der Waals surface area contributed by atoms with Crippen LogP contribution in [-0.4, -0.2) is 36.8 Å². The normalized spacial score (nSPS) is 11.5. The number of halogens is 4. The zero-order valence-electron chi connectivity index (χ0n) is 10.2. The number of carbonyl (C=O) groups is 1. The molecule has 0 aliphatic carbocycles. The van der Waals surface area contributed by atoms with Gasteiger partial charge in [0.05, 0.1) is 17.3 Å². The number of ketones is 1. The Morgan fingerprint density at radius 3 is 2.47 bits per heavy atom. The average Bonchev–Trinajstić information content (AvgIpc) is 2.26. The van der Waals surface area contributed by atoms with E-state index in [0.717, 1.165) is 4.90 Å². The molecule has 0 saturated heterocycles. The van der Waals surface area contributed by atoms with Crippen LogP contribution in [0.3, 0.4) is 0 Å². The molecule has 1 rings (SSSR count). The van der Waals surface area contributed by atoms with Gasteiger partial charge in [0.1, 0.15) is 6.54 Å². The van der Waals surface area contributed by atoms with Crippen LogP contribution in [0, 0.1) is 0 Å². The van der Waals surface area contributed by atoms with Crippen molar-refractivity contribution >= 4 is 23.1 Å². The third-order valence-electron chi connectivity index (χ3n) is 2.43. The first-order valence-electron chi connectivity index (χ1n) is 5.47. The van der Waals surface area contributed by atoms with Crippen LogP contribution in [0.2, 0.25) is 5.02 Å². The summed E-state index contributed by atoms with van der Waals surface area (Å²) in [6.07, 6.45) is -4.41. The summed E-state index contributed by atoms with van der Waals surface area (Å²) in [5.74, 6) is -0.224. The lowest BCUT2D eigenvalue weighted by Gasteiger charge is -2.26. The highest BCUT2D eigenvalue weighted by Crippen LogP contribution is 2.29. The molecule has 0 aliphatic rings. The van der Waals surface area contributed by atoms with Crippen molar-refractivity contribution in [2.45, 2.75) is 13.1 Å². The summed E-state index contributed by atoms with van der Waals surface area (Å²) >= 11 is 5.89. The largest absolute Gasteiger partial charge is 0.405 e. The fourth-order valence-corrected chi connectivity index (χ4v) is 1.90. The highest BCUT2D eigenvalue weighted by Gasteiger charge is 2.31. The number of alkyl halides is 3. The summed E-state index contributed by atoms with van der Waals surface area (Å²) in [5.41, 5.74) is 0.461. The Kier molecular flexibility index (Phi) is 5.20. The number of aliphatic hydroxyl groups is 1. The molecular weight excluding hydrogens is 283 g/mol. The molecule has 0 saturated carbocycles. The quantitative estimate of drug-likeness (QED) is 0.849. The van der Waals surface area contributed by atoms with Crippen LogP contribution in [-0.2, 0) is 0 Å². The minimum absolute atomic E-state index is 0.0467. The number of aliphatic hydroxyl groups excluding tert-OH is 1. The van der Waals surface area contributed by atoms with Gasteiger partial charge in [0, 0.05) is 12.1 Å². The predicted octanol–water partition coefficient (Wildman–Crippen LogP) is 2.90. The van der Waals surface area contributed by atoms with Gasteiger partial charge < -0.3 is 10.0 Å². The van der Waals surface area contributed by atoms with Crippen molar-refractivity contribution in [3.63, 3.8) is 0 Å². The van der Waals surface area contributed by atoms with Gasteiger partial charge in [-0.05, 0) is 25.1 Å². The second-order valence-corrected chi connectivity index (χ2v) is 4.39. The highest BCUT2D eigenvalue weighted by molar-refractivity contribution is 6.33. The molecule has 0 aromatic heterocycles. The number of benzene rings is 1. The molecule has 0 bridgehead atoms. The van der Waals surface area contributed by atoms with Crippen LogP contribution in [0.15, 0.2) is 18.2 Å². The predicted molar refractivity (Wildman–Crippen MR) is 66.8 cm³/mol. The van der Waals surface area contributed by atoms with E-state index >= 15 is 0 Å². The van der Waals surface area contributed by atoms with E-state index in [2.05, 4.69) is 0 Å². The van der Waals surface area contributed by atoms with E-state index in [1.165, 1.54) is 25.1 Å². The number of hydrogen-bond acceptors (Lipinski definition) is 3. The molecule has 0 aliphatic heterocycles. The Balaban J connectivity index is 3.06. The molecule has 0 unspecified atom stereocenters. The molecule has 0 amide bonds. The van der Waals surface area contributed by atoms with E-state index in [1.807, 2.05) is 0 Å². The van der Waals surface area contributed by atoms with Gasteiger partial charge in [0.2, 0.25) is 0 Å². The molecule has 0 heterocycles. The van der Waals surface area contributed by atoms with E-state index in [-0.39, 0.29) is 23.0 Å². The molecule has 0 radical (unpaired) electrons. The second kappa shape index (κ2) is 6.25. The number of Topliss-reactive ketones (excluding diaryl/α,β-unsaturated/α-hetero) is 1. The van der Waals surface area contributed by atoms with E-state index in [1.54, 1.807) is 0 Å². The van der Waals surface area contributed by atoms with Crippen LogP contribution < -0.4 is 4.90 Å². The lowest BCUT2D eigenvalue weighted by atomic mass is 10.1. The first kappa shape index (κ1) is 15.8. The zero-order valence-corrected chi connectivity index (χ0v) is 10.9. The van der Waals surface area contributed by atoms with E-state index < -0.39 is 19.3 Å². The van der Waals surface area contributed by atoms with Gasteiger partial charge in [-0.15, -0.1) is 0 Å². The molecular formula is C12H13ClF3NO2. The average molecular weight is 296 g/mol. The summed E-state index contributed by atoms with van der Waals surface area (Å²) in [7, 11) is 0. The number of anilines is 1. The fourth-order valence-electron chi connectivity index (χ4n) is 1.60. The molecule has 0 fully saturated rings. The van der Waals surface area contributed by atoms with E-state index in [4.69, 9.17) is 16.7 Å². The van der Waals surface area contributed by atoms with Gasteiger partial charge in [-0.1, -0.05) is 11.6 Å². The van der Waals surface area contributed by atoms with Crippen molar-refractivity contribution in [2.24, 2.45) is 0 Å². The summed E-state index contributed by atoms with van der Waals surface area (Å²) in [6.45, 7) is -0.501. The Hall–Kier alpha value is -1.27. The number of nitrogens with zero attached hydrogens (tertiary/aromatic N) is 1. The first-order chi connectivity index (χ1) is 8.74. The Labute approximate surface area is 113 Å². The van der Waals surface area contributed by atoms with Crippen molar-refractivity contribution < 1.29 is 23.1 Å². The van der Waals surface area contributed by atoms with Gasteiger partial charge in [0.25, 0.3) is 0 Å². The van der Waals surface area contributed by atoms with Gasteiger partial charge in [-0.2, -0.15) is 13.2 Å². The maximum absolute atomic E-state index is 12.4. The standard InChI is InChI=1S/C12H13ClF3NO2/c1-8(19)9-2-3-11(10(13)6-9)17(4-5-18)7-12(14,15)16/h2-3,6,18H,4-5,7H2,1H3. The smallest absolute Gasteiger partial charge is 0.395 e. The van der Waals surface area contributed by atoms with Gasteiger partial charge in [0.15, 0.2) is 5.78 Å². The van der Waals surface area contributed by atoms with Crippen LogP contribution in [0.4, 0.5) is 18.9 Å². The number of rotatable bonds is 5. The first-order valence-corrected chi connectivity index (χ1v) is 5.85. The van der Waals surface area contributed by atoms with Crippen molar-refractivity contribution in [1.82, 2.24) is 0 Å². The summed E-state index contributed by atoms with van der Waals surface area (Å²) < 4.78 is 37.3. The molecule has 0 spiro atoms. The van der Waals surface area contributed by atoms with Crippen LogP contribution in [0.5, 0.6) is 0 Å². The maximum Gasteiger partial charge on any atom is 0.405 e. The number of hydrogen-bond donors (Lipinski definition) is 1. The fraction of sp³-hybridized carbons (Fsp3) is 0.417. The zero-order chi connectivity index (χ0) is 14.6. The molecule has 1 N–H and O–H groups in total. The third-order valence-corrected chi connectivity index (χ3v) is 2.74. The van der Waals surface area contributed by atoms with Crippen molar-refractivity contribution in [2.75, 3.05) is 24.6 Å². The Morgan fingerprint density at radius 1 is 1.42 bits per heavy atom. The topological polar surface area (TPSA) is 40.5 Å². The lowest BCUT2D eigenvalue weighted by Crippen LogP contribution is -2.36. The van der Waals surface area contributed by atoms with E-state index in [9.17, 15) is 18.0 Å². The molecule has 7 heteroatoms. The highest BCUT2D eigenvalue weighted by atomic mass is 35.5. The van der Waals surface area contributed by atoms with Crippen molar-refractivity contribution in [3.05, 3.63) is 28.8 Å². The number of carbonyl (C=O) groups excluding carboxylic acids is 1. The minimum atomic E-state index is -4.41. The Morgan fingerprint density at radius 2 is 2.05 bits per heavy atom. The third kappa shape index (κ3) is 4.72. The van der Waals surface area contributed by atoms with Crippen molar-refractivity contribution in [3.8, 4) is 0 Å². The second-order valence-electron chi connectivity index (χ2n) is 3.98. The summed E-state index contributed by atoms with van der Waals surface area (Å²) in [6, 6.07) is 4.07. The molecule has 3 nitrogen and oxygen atoms in total. The molecule has 1 aromatic carbocycles.